The lowest BCUT2D eigenvalue weighted by Crippen LogP contribution is -2.29. The predicted octanol–water partition coefficient (Wildman–Crippen LogP) is 7.13. The van der Waals surface area contributed by atoms with Crippen LogP contribution in [0.5, 0.6) is 0 Å². The summed E-state index contributed by atoms with van der Waals surface area (Å²) in [5.74, 6) is 0.689. The molecule has 2 aromatic carbocycles. The Bertz CT molecular complexity index is 815. The van der Waals surface area contributed by atoms with E-state index in [2.05, 4.69) is 17.5 Å². The normalized spacial score (nSPS) is 25.0. The molecule has 1 N–H and O–H groups in total. The fourth-order valence-electron chi connectivity index (χ4n) is 3.68. The summed E-state index contributed by atoms with van der Waals surface area (Å²) in [5.41, 5.74) is 3.25. The van der Waals surface area contributed by atoms with Crippen molar-refractivity contribution < 1.29 is 0 Å². The number of benzene rings is 2. The number of fused-ring (bicyclic) bond motifs is 3. The van der Waals surface area contributed by atoms with Crippen LogP contribution in [0.4, 0.5) is 5.69 Å². The maximum atomic E-state index is 6.46. The van der Waals surface area contributed by atoms with Gasteiger partial charge in [0, 0.05) is 27.2 Å². The standard InChI is InChI=1S/C18H13Cl4N/c19-10-7-15(22)17-11-2-1-3-12(11)18(23-16(17)8-10)9-4-5-13(20)14(21)6-9/h1-2,4-8,11-12,18,23H,3H2/t11-,12+,18+/m0/s1. The van der Waals surface area contributed by atoms with E-state index >= 15 is 0 Å². The van der Waals surface area contributed by atoms with Gasteiger partial charge in [0.1, 0.15) is 0 Å². The van der Waals surface area contributed by atoms with E-state index in [1.807, 2.05) is 30.3 Å². The molecule has 2 aliphatic rings. The second kappa shape index (κ2) is 5.89. The van der Waals surface area contributed by atoms with E-state index in [4.69, 9.17) is 46.4 Å². The van der Waals surface area contributed by atoms with Gasteiger partial charge < -0.3 is 5.32 Å². The molecular formula is C18H13Cl4N. The van der Waals surface area contributed by atoms with Gasteiger partial charge in [0.05, 0.1) is 16.1 Å². The molecule has 118 valence electrons. The second-order valence-corrected chi connectivity index (χ2v) is 7.66. The van der Waals surface area contributed by atoms with Gasteiger partial charge >= 0.3 is 0 Å². The minimum atomic E-state index is 0.145. The highest BCUT2D eigenvalue weighted by Crippen LogP contribution is 2.52. The summed E-state index contributed by atoms with van der Waals surface area (Å²) in [6, 6.07) is 9.71. The summed E-state index contributed by atoms with van der Waals surface area (Å²) in [4.78, 5) is 0. The second-order valence-electron chi connectivity index (χ2n) is 6.00. The number of rotatable bonds is 1. The third-order valence-electron chi connectivity index (χ3n) is 4.68. The molecule has 0 spiro atoms. The zero-order valence-electron chi connectivity index (χ0n) is 12.0. The number of hydrogen-bond donors (Lipinski definition) is 1. The number of nitrogens with one attached hydrogen (secondary N) is 1. The molecule has 0 bridgehead atoms. The summed E-state index contributed by atoms with van der Waals surface area (Å²) in [6.07, 6.45) is 5.47. The highest BCUT2D eigenvalue weighted by molar-refractivity contribution is 6.42. The lowest BCUT2D eigenvalue weighted by Gasteiger charge is -2.38. The van der Waals surface area contributed by atoms with Crippen LogP contribution in [0.2, 0.25) is 20.1 Å². The van der Waals surface area contributed by atoms with Crippen LogP contribution in [0, 0.1) is 5.92 Å². The van der Waals surface area contributed by atoms with Crippen LogP contribution in [0.15, 0.2) is 42.5 Å². The Morgan fingerprint density at radius 3 is 2.52 bits per heavy atom. The van der Waals surface area contributed by atoms with E-state index in [0.717, 1.165) is 23.2 Å². The quantitative estimate of drug-likeness (QED) is 0.515. The summed E-state index contributed by atoms with van der Waals surface area (Å²) < 4.78 is 0. The Balaban J connectivity index is 1.82. The minimum Gasteiger partial charge on any atom is -0.378 e. The maximum absolute atomic E-state index is 6.46. The Labute approximate surface area is 155 Å². The summed E-state index contributed by atoms with van der Waals surface area (Å²) in [7, 11) is 0. The van der Waals surface area contributed by atoms with Crippen LogP contribution < -0.4 is 5.32 Å². The molecule has 0 radical (unpaired) electrons. The fourth-order valence-corrected chi connectivity index (χ4v) is 4.61. The van der Waals surface area contributed by atoms with Gasteiger partial charge in [-0.15, -0.1) is 0 Å². The zero-order valence-corrected chi connectivity index (χ0v) is 15.0. The molecule has 0 aromatic heterocycles. The van der Waals surface area contributed by atoms with E-state index < -0.39 is 0 Å². The average molecular weight is 385 g/mol. The Morgan fingerprint density at radius 1 is 0.913 bits per heavy atom. The first-order valence-corrected chi connectivity index (χ1v) is 8.93. The Kier molecular flexibility index (Phi) is 4.01. The molecule has 3 atom stereocenters. The van der Waals surface area contributed by atoms with E-state index in [9.17, 15) is 0 Å². The monoisotopic (exact) mass is 383 g/mol. The van der Waals surface area contributed by atoms with Crippen molar-refractivity contribution in [1.82, 2.24) is 0 Å². The molecule has 2 aromatic rings. The maximum Gasteiger partial charge on any atom is 0.0595 e. The minimum absolute atomic E-state index is 0.145. The Morgan fingerprint density at radius 2 is 1.74 bits per heavy atom. The Hall–Kier alpha value is -0.860. The van der Waals surface area contributed by atoms with E-state index in [1.165, 1.54) is 0 Å². The molecule has 23 heavy (non-hydrogen) atoms. The van der Waals surface area contributed by atoms with Crippen LogP contribution >= 0.6 is 46.4 Å². The van der Waals surface area contributed by atoms with Gasteiger partial charge in [0.2, 0.25) is 0 Å². The van der Waals surface area contributed by atoms with Crippen LogP contribution in [0.25, 0.3) is 0 Å². The van der Waals surface area contributed by atoms with Gasteiger partial charge in [-0.3, -0.25) is 0 Å². The van der Waals surface area contributed by atoms with Gasteiger partial charge in [-0.25, -0.2) is 0 Å². The lowest BCUT2D eigenvalue weighted by atomic mass is 9.77. The molecular weight excluding hydrogens is 372 g/mol. The predicted molar refractivity (Wildman–Crippen MR) is 99.3 cm³/mol. The number of allylic oxidation sites excluding steroid dienone is 2. The number of hydrogen-bond acceptors (Lipinski definition) is 1. The molecule has 4 rings (SSSR count). The molecule has 1 aliphatic heterocycles. The molecule has 1 heterocycles. The molecule has 0 saturated carbocycles. The first-order chi connectivity index (χ1) is 11.0. The van der Waals surface area contributed by atoms with Crippen molar-refractivity contribution in [2.45, 2.75) is 18.4 Å². The van der Waals surface area contributed by atoms with Crippen LogP contribution in [-0.2, 0) is 0 Å². The van der Waals surface area contributed by atoms with Crippen LogP contribution in [-0.4, -0.2) is 0 Å². The largest absolute Gasteiger partial charge is 0.378 e. The van der Waals surface area contributed by atoms with E-state index in [0.29, 0.717) is 26.0 Å². The van der Waals surface area contributed by atoms with E-state index in [-0.39, 0.29) is 12.0 Å². The summed E-state index contributed by atoms with van der Waals surface area (Å²) in [5, 5.41) is 6.09. The molecule has 0 unspecified atom stereocenters. The first-order valence-electron chi connectivity index (χ1n) is 7.41. The van der Waals surface area contributed by atoms with Gasteiger partial charge in [-0.05, 0) is 42.2 Å². The number of halogens is 4. The SMILES string of the molecule is Clc1cc(Cl)c2c(c1)N[C@H](c1ccc(Cl)c(Cl)c1)[C@@H]1CC=C[C@H]21. The van der Waals surface area contributed by atoms with Crippen LogP contribution in [0.3, 0.4) is 0 Å². The number of anilines is 1. The van der Waals surface area contributed by atoms with Gasteiger partial charge in [-0.2, -0.15) is 0 Å². The average Bonchev–Trinajstić information content (AvgIpc) is 2.97. The van der Waals surface area contributed by atoms with Gasteiger partial charge in [0.25, 0.3) is 0 Å². The first kappa shape index (κ1) is 15.7. The topological polar surface area (TPSA) is 12.0 Å². The lowest BCUT2D eigenvalue weighted by molar-refractivity contribution is 0.426. The van der Waals surface area contributed by atoms with Crippen molar-refractivity contribution in [3.8, 4) is 0 Å². The molecule has 0 fully saturated rings. The van der Waals surface area contributed by atoms with Crippen molar-refractivity contribution >= 4 is 52.1 Å². The van der Waals surface area contributed by atoms with Crippen molar-refractivity contribution in [2.24, 2.45) is 5.92 Å². The van der Waals surface area contributed by atoms with Gasteiger partial charge in [-0.1, -0.05) is 64.6 Å². The third kappa shape index (κ3) is 2.64. The molecule has 0 saturated heterocycles. The van der Waals surface area contributed by atoms with Crippen molar-refractivity contribution in [3.63, 3.8) is 0 Å². The van der Waals surface area contributed by atoms with Gasteiger partial charge in [0.15, 0.2) is 0 Å². The smallest absolute Gasteiger partial charge is 0.0595 e. The zero-order chi connectivity index (χ0) is 16.1. The highest BCUT2D eigenvalue weighted by atomic mass is 35.5. The highest BCUT2D eigenvalue weighted by Gasteiger charge is 2.39. The van der Waals surface area contributed by atoms with Crippen molar-refractivity contribution in [1.29, 1.82) is 0 Å². The summed E-state index contributed by atoms with van der Waals surface area (Å²) >= 11 is 24.9. The molecule has 5 heteroatoms. The summed E-state index contributed by atoms with van der Waals surface area (Å²) in [6.45, 7) is 0. The molecule has 1 aliphatic carbocycles. The molecule has 0 amide bonds. The van der Waals surface area contributed by atoms with Crippen LogP contribution in [0.1, 0.15) is 29.5 Å². The van der Waals surface area contributed by atoms with Crippen molar-refractivity contribution in [2.75, 3.05) is 5.32 Å². The third-order valence-corrected chi connectivity index (χ3v) is 5.95. The fraction of sp³-hybridized carbons (Fsp3) is 0.222. The van der Waals surface area contributed by atoms with Crippen molar-refractivity contribution in [3.05, 3.63) is 73.7 Å². The van der Waals surface area contributed by atoms with E-state index in [1.54, 1.807) is 0 Å². The molecule has 1 nitrogen and oxygen atoms in total.